The minimum Gasteiger partial charge on any atom is -0.369 e. The smallest absolute Gasteiger partial charge is 0.135 e. The Morgan fingerprint density at radius 1 is 1.06 bits per heavy atom. The molecule has 170 valence electrons. The van der Waals surface area contributed by atoms with Crippen molar-refractivity contribution >= 4 is 51.4 Å². The quantitative estimate of drug-likeness (QED) is 0.345. The van der Waals surface area contributed by atoms with E-state index >= 15 is 0 Å². The molecule has 0 bridgehead atoms. The minimum atomic E-state index is 0.496. The van der Waals surface area contributed by atoms with E-state index < -0.39 is 0 Å². The second kappa shape index (κ2) is 9.21. The Hall–Kier alpha value is -2.80. The van der Waals surface area contributed by atoms with E-state index in [-0.39, 0.29) is 0 Å². The van der Waals surface area contributed by atoms with Crippen LogP contribution in [0.2, 0.25) is 10.0 Å². The number of H-pyrrole nitrogens is 1. The van der Waals surface area contributed by atoms with Gasteiger partial charge in [-0.25, -0.2) is 9.97 Å². The summed E-state index contributed by atoms with van der Waals surface area (Å²) in [5, 5.41) is 8.19. The summed E-state index contributed by atoms with van der Waals surface area (Å²) in [6.07, 6.45) is 2.20. The van der Waals surface area contributed by atoms with Crippen LogP contribution in [0, 0.1) is 13.8 Å². The number of pyridine rings is 1. The summed E-state index contributed by atoms with van der Waals surface area (Å²) in [5.41, 5.74) is 8.00. The number of hydrogen-bond acceptors (Lipinski definition) is 5. The lowest BCUT2D eigenvalue weighted by atomic mass is 10.1. The van der Waals surface area contributed by atoms with Crippen molar-refractivity contribution in [3.05, 3.63) is 75.2 Å². The van der Waals surface area contributed by atoms with Gasteiger partial charge in [0.15, 0.2) is 0 Å². The van der Waals surface area contributed by atoms with Gasteiger partial charge in [-0.1, -0.05) is 29.3 Å². The highest BCUT2D eigenvalue weighted by Crippen LogP contribution is 2.32. The van der Waals surface area contributed by atoms with Crippen molar-refractivity contribution in [2.45, 2.75) is 20.3 Å². The molecule has 4 aromatic rings. The van der Waals surface area contributed by atoms with E-state index in [0.29, 0.717) is 16.5 Å². The summed E-state index contributed by atoms with van der Waals surface area (Å²) >= 11 is 12.9. The van der Waals surface area contributed by atoms with Gasteiger partial charge in [0.05, 0.1) is 17.5 Å². The summed E-state index contributed by atoms with van der Waals surface area (Å²) in [7, 11) is 0. The molecule has 0 aliphatic carbocycles. The van der Waals surface area contributed by atoms with E-state index in [0.717, 1.165) is 65.5 Å². The van der Waals surface area contributed by atoms with Crippen molar-refractivity contribution in [3.8, 4) is 0 Å². The highest BCUT2D eigenvalue weighted by Gasteiger charge is 2.17. The number of fused-ring (bicyclic) bond motifs is 1. The van der Waals surface area contributed by atoms with Crippen LogP contribution >= 0.6 is 23.2 Å². The van der Waals surface area contributed by atoms with Crippen LogP contribution in [0.1, 0.15) is 22.4 Å². The molecule has 1 aliphatic heterocycles. The van der Waals surface area contributed by atoms with E-state index in [2.05, 4.69) is 50.6 Å². The third-order valence-electron chi connectivity index (χ3n) is 6.21. The molecule has 0 atom stereocenters. The van der Waals surface area contributed by atoms with Gasteiger partial charge in [0, 0.05) is 59.6 Å². The fraction of sp³-hybridized carbons (Fsp3) is 0.280. The van der Waals surface area contributed by atoms with E-state index in [1.165, 1.54) is 11.3 Å². The number of anilines is 3. The van der Waals surface area contributed by atoms with Crippen LogP contribution in [0.5, 0.6) is 0 Å². The highest BCUT2D eigenvalue weighted by atomic mass is 35.5. The van der Waals surface area contributed by atoms with E-state index in [4.69, 9.17) is 28.2 Å². The number of benzene rings is 2. The fourth-order valence-corrected chi connectivity index (χ4v) is 4.96. The number of nitrogens with one attached hydrogen (secondary N) is 3. The topological polar surface area (TPSA) is 68.9 Å². The van der Waals surface area contributed by atoms with Crippen molar-refractivity contribution in [1.82, 2.24) is 20.3 Å². The molecule has 1 aliphatic rings. The SMILES string of the molecule is Cc1cc(Nc2nc(Cc3c(Cl)cccc3Cl)c3nc[nH]c3c2C)ccc1N1CCNCC1. The molecule has 0 radical (unpaired) electrons. The summed E-state index contributed by atoms with van der Waals surface area (Å²) < 4.78 is 0. The lowest BCUT2D eigenvalue weighted by molar-refractivity contribution is 0.588. The van der Waals surface area contributed by atoms with Gasteiger partial charge in [-0.3, -0.25) is 0 Å². The van der Waals surface area contributed by atoms with Crippen LogP contribution in [0.15, 0.2) is 42.7 Å². The van der Waals surface area contributed by atoms with Crippen LogP contribution in [0.3, 0.4) is 0 Å². The number of halogens is 2. The van der Waals surface area contributed by atoms with E-state index in [1.54, 1.807) is 6.33 Å². The molecule has 2 aromatic carbocycles. The summed E-state index contributed by atoms with van der Waals surface area (Å²) in [6, 6.07) is 12.0. The van der Waals surface area contributed by atoms with Gasteiger partial charge in [-0.05, 0) is 55.3 Å². The van der Waals surface area contributed by atoms with Crippen molar-refractivity contribution in [1.29, 1.82) is 0 Å². The molecule has 8 heteroatoms. The molecule has 3 heterocycles. The third-order valence-corrected chi connectivity index (χ3v) is 6.92. The monoisotopic (exact) mass is 480 g/mol. The molecule has 1 fully saturated rings. The second-order valence-electron chi connectivity index (χ2n) is 8.40. The molecule has 0 unspecified atom stereocenters. The Labute approximate surface area is 203 Å². The first-order valence-corrected chi connectivity index (χ1v) is 11.9. The van der Waals surface area contributed by atoms with Gasteiger partial charge < -0.3 is 20.5 Å². The first kappa shape index (κ1) is 22.0. The molecule has 1 saturated heterocycles. The Kier molecular flexibility index (Phi) is 6.15. The molecule has 0 amide bonds. The molecule has 0 saturated carbocycles. The predicted octanol–water partition coefficient (Wildman–Crippen LogP) is 5.63. The largest absolute Gasteiger partial charge is 0.369 e. The molecule has 0 spiro atoms. The normalized spacial score (nSPS) is 14.1. The van der Waals surface area contributed by atoms with Crippen molar-refractivity contribution < 1.29 is 0 Å². The zero-order valence-electron chi connectivity index (χ0n) is 18.7. The maximum Gasteiger partial charge on any atom is 0.135 e. The van der Waals surface area contributed by atoms with Gasteiger partial charge >= 0.3 is 0 Å². The van der Waals surface area contributed by atoms with Crippen LogP contribution in [-0.4, -0.2) is 41.1 Å². The van der Waals surface area contributed by atoms with E-state index in [9.17, 15) is 0 Å². The zero-order valence-corrected chi connectivity index (χ0v) is 20.2. The number of aryl methyl sites for hydroxylation is 2. The average molecular weight is 481 g/mol. The number of imidazole rings is 1. The number of rotatable bonds is 5. The highest BCUT2D eigenvalue weighted by molar-refractivity contribution is 6.36. The van der Waals surface area contributed by atoms with Crippen molar-refractivity contribution in [2.75, 3.05) is 36.4 Å². The number of piperazine rings is 1. The van der Waals surface area contributed by atoms with Crippen LogP contribution in [0.25, 0.3) is 11.0 Å². The zero-order chi connectivity index (χ0) is 22.9. The lowest BCUT2D eigenvalue weighted by Crippen LogP contribution is -2.43. The summed E-state index contributed by atoms with van der Waals surface area (Å²) in [5.74, 6) is 0.791. The van der Waals surface area contributed by atoms with Gasteiger partial charge in [0.2, 0.25) is 0 Å². The summed E-state index contributed by atoms with van der Waals surface area (Å²) in [6.45, 7) is 8.29. The number of aromatic amines is 1. The number of aromatic nitrogens is 3. The molecular weight excluding hydrogens is 455 g/mol. The predicted molar refractivity (Wildman–Crippen MR) is 137 cm³/mol. The molecular formula is C25H26Cl2N6. The first-order valence-electron chi connectivity index (χ1n) is 11.1. The molecule has 33 heavy (non-hydrogen) atoms. The number of nitrogens with zero attached hydrogens (tertiary/aromatic N) is 3. The van der Waals surface area contributed by atoms with Gasteiger partial charge in [-0.2, -0.15) is 0 Å². The van der Waals surface area contributed by atoms with Crippen LogP contribution in [0.4, 0.5) is 17.2 Å². The average Bonchev–Trinajstić information content (AvgIpc) is 3.30. The van der Waals surface area contributed by atoms with Gasteiger partial charge in [0.1, 0.15) is 11.3 Å². The Morgan fingerprint density at radius 3 is 2.55 bits per heavy atom. The molecule has 5 rings (SSSR count). The third kappa shape index (κ3) is 4.38. The number of hydrogen-bond donors (Lipinski definition) is 3. The maximum atomic E-state index is 6.44. The standard InChI is InChI=1S/C25H26Cl2N6/c1-15-12-17(6-7-22(15)33-10-8-28-9-11-33)31-25-16(2)23-24(30-14-29-23)21(32-25)13-18-19(26)4-3-5-20(18)27/h3-7,12,14,28H,8-11,13H2,1-2H3,(H,29,30)(H,31,32). The Balaban J connectivity index is 1.48. The fourth-order valence-electron chi connectivity index (χ4n) is 4.43. The second-order valence-corrected chi connectivity index (χ2v) is 9.21. The van der Waals surface area contributed by atoms with Crippen LogP contribution < -0.4 is 15.5 Å². The van der Waals surface area contributed by atoms with Gasteiger partial charge in [-0.15, -0.1) is 0 Å². The van der Waals surface area contributed by atoms with Gasteiger partial charge in [0.25, 0.3) is 0 Å². The molecule has 6 nitrogen and oxygen atoms in total. The van der Waals surface area contributed by atoms with Crippen molar-refractivity contribution in [3.63, 3.8) is 0 Å². The molecule has 2 aromatic heterocycles. The van der Waals surface area contributed by atoms with Crippen LogP contribution in [-0.2, 0) is 6.42 Å². The first-order chi connectivity index (χ1) is 16.0. The Bertz CT molecular complexity index is 1290. The Morgan fingerprint density at radius 2 is 1.82 bits per heavy atom. The summed E-state index contributed by atoms with van der Waals surface area (Å²) in [4.78, 5) is 15.2. The lowest BCUT2D eigenvalue weighted by Gasteiger charge is -2.31. The molecule has 3 N–H and O–H groups in total. The minimum absolute atomic E-state index is 0.496. The maximum absolute atomic E-state index is 6.44. The van der Waals surface area contributed by atoms with E-state index in [1.807, 2.05) is 25.1 Å². The van der Waals surface area contributed by atoms with Crippen molar-refractivity contribution in [2.24, 2.45) is 0 Å².